The number of hydrogen-bond acceptors (Lipinski definition) is 4. The highest BCUT2D eigenvalue weighted by atomic mass is 19.1. The van der Waals surface area contributed by atoms with Crippen molar-refractivity contribution in [1.82, 2.24) is 0 Å². The van der Waals surface area contributed by atoms with Crippen molar-refractivity contribution in [3.63, 3.8) is 0 Å². The van der Waals surface area contributed by atoms with Crippen molar-refractivity contribution < 1.29 is 14.1 Å². The molecule has 0 aliphatic carbocycles. The Kier molecular flexibility index (Phi) is 4.14. The van der Waals surface area contributed by atoms with Crippen LogP contribution in [0.25, 0.3) is 0 Å². The van der Waals surface area contributed by atoms with Crippen LogP contribution in [0.15, 0.2) is 36.4 Å². The summed E-state index contributed by atoms with van der Waals surface area (Å²) in [5.41, 5.74) is 0.909. The van der Waals surface area contributed by atoms with Crippen LogP contribution in [-0.2, 0) is 6.61 Å². The van der Waals surface area contributed by atoms with Crippen LogP contribution in [0, 0.1) is 34.2 Å². The molecular formula is C15H11FN2O3. The summed E-state index contributed by atoms with van der Waals surface area (Å²) in [6, 6.07) is 10.5. The van der Waals surface area contributed by atoms with Crippen molar-refractivity contribution in [3.05, 3.63) is 69.0 Å². The highest BCUT2D eigenvalue weighted by Crippen LogP contribution is 2.25. The number of ether oxygens (including phenoxy) is 1. The molecule has 0 aliphatic rings. The van der Waals surface area contributed by atoms with Gasteiger partial charge in [-0.3, -0.25) is 10.1 Å². The van der Waals surface area contributed by atoms with Gasteiger partial charge in [-0.25, -0.2) is 4.39 Å². The molecule has 2 aromatic rings. The van der Waals surface area contributed by atoms with Gasteiger partial charge in [-0.05, 0) is 24.6 Å². The number of rotatable bonds is 4. The summed E-state index contributed by atoms with van der Waals surface area (Å²) in [7, 11) is 0. The number of benzene rings is 2. The predicted octanol–water partition coefficient (Wildman–Crippen LogP) is 3.49. The Bertz CT molecular complexity index is 738. The molecule has 5 nitrogen and oxygen atoms in total. The van der Waals surface area contributed by atoms with E-state index in [2.05, 4.69) is 0 Å². The highest BCUT2D eigenvalue weighted by molar-refractivity contribution is 5.46. The molecule has 0 radical (unpaired) electrons. The van der Waals surface area contributed by atoms with E-state index in [0.29, 0.717) is 11.1 Å². The lowest BCUT2D eigenvalue weighted by Gasteiger charge is -2.10. The standard InChI is InChI=1S/C15H11FN2O3/c1-10-11(4-2-6-14(10)18(19)20)9-21-15-7-3-5-13(16)12(15)8-17/h2-7H,9H2,1H3. The molecule has 0 bridgehead atoms. The van der Waals surface area contributed by atoms with Crippen LogP contribution in [0.5, 0.6) is 5.75 Å². The largest absolute Gasteiger partial charge is 0.487 e. The summed E-state index contributed by atoms with van der Waals surface area (Å²) in [6.07, 6.45) is 0. The van der Waals surface area contributed by atoms with Crippen LogP contribution in [0.2, 0.25) is 0 Å². The Morgan fingerprint density at radius 2 is 2.05 bits per heavy atom. The molecule has 0 saturated heterocycles. The number of halogens is 1. The predicted molar refractivity (Wildman–Crippen MR) is 73.3 cm³/mol. The lowest BCUT2D eigenvalue weighted by molar-refractivity contribution is -0.385. The second-order valence-electron chi connectivity index (χ2n) is 4.33. The van der Waals surface area contributed by atoms with Crippen LogP contribution >= 0.6 is 0 Å². The number of nitro benzene ring substituents is 1. The maximum absolute atomic E-state index is 13.4. The lowest BCUT2D eigenvalue weighted by atomic mass is 10.1. The van der Waals surface area contributed by atoms with Gasteiger partial charge in [-0.15, -0.1) is 0 Å². The van der Waals surface area contributed by atoms with E-state index >= 15 is 0 Å². The van der Waals surface area contributed by atoms with Gasteiger partial charge < -0.3 is 4.74 Å². The minimum absolute atomic E-state index is 0.00384. The summed E-state index contributed by atoms with van der Waals surface area (Å²) >= 11 is 0. The minimum atomic E-state index is -0.661. The van der Waals surface area contributed by atoms with Crippen LogP contribution < -0.4 is 4.74 Å². The first-order valence-electron chi connectivity index (χ1n) is 6.09. The molecule has 0 fully saturated rings. The molecule has 0 aliphatic heterocycles. The van der Waals surface area contributed by atoms with E-state index in [0.717, 1.165) is 0 Å². The second kappa shape index (κ2) is 6.01. The van der Waals surface area contributed by atoms with E-state index in [4.69, 9.17) is 10.00 Å². The zero-order valence-electron chi connectivity index (χ0n) is 11.2. The summed E-state index contributed by atoms with van der Waals surface area (Å²) in [6.45, 7) is 1.64. The quantitative estimate of drug-likeness (QED) is 0.636. The van der Waals surface area contributed by atoms with Crippen molar-refractivity contribution >= 4 is 5.69 Å². The third-order valence-electron chi connectivity index (χ3n) is 3.08. The van der Waals surface area contributed by atoms with Gasteiger partial charge in [0, 0.05) is 11.6 Å². The number of nitro groups is 1. The zero-order chi connectivity index (χ0) is 15.4. The maximum atomic E-state index is 13.4. The molecule has 0 N–H and O–H groups in total. The van der Waals surface area contributed by atoms with Crippen LogP contribution in [-0.4, -0.2) is 4.92 Å². The van der Waals surface area contributed by atoms with Gasteiger partial charge in [0.05, 0.1) is 4.92 Å². The average molecular weight is 286 g/mol. The van der Waals surface area contributed by atoms with Gasteiger partial charge >= 0.3 is 0 Å². The maximum Gasteiger partial charge on any atom is 0.272 e. The molecule has 21 heavy (non-hydrogen) atoms. The molecule has 0 saturated carbocycles. The minimum Gasteiger partial charge on any atom is -0.487 e. The van der Waals surface area contributed by atoms with Crippen molar-refractivity contribution in [1.29, 1.82) is 5.26 Å². The Hall–Kier alpha value is -2.94. The topological polar surface area (TPSA) is 76.2 Å². The molecule has 0 aromatic heterocycles. The van der Waals surface area contributed by atoms with Crippen LogP contribution in [0.1, 0.15) is 16.7 Å². The van der Waals surface area contributed by atoms with E-state index in [9.17, 15) is 14.5 Å². The smallest absolute Gasteiger partial charge is 0.272 e. The van der Waals surface area contributed by atoms with Gasteiger partial charge in [-0.1, -0.05) is 18.2 Å². The molecular weight excluding hydrogens is 275 g/mol. The van der Waals surface area contributed by atoms with Crippen molar-refractivity contribution in [2.24, 2.45) is 0 Å². The lowest BCUT2D eigenvalue weighted by Crippen LogP contribution is -2.02. The summed E-state index contributed by atoms with van der Waals surface area (Å²) in [5, 5.41) is 19.8. The molecule has 0 amide bonds. The molecule has 6 heteroatoms. The number of nitriles is 1. The first-order valence-corrected chi connectivity index (χ1v) is 6.09. The second-order valence-corrected chi connectivity index (χ2v) is 4.33. The molecule has 0 atom stereocenters. The third-order valence-corrected chi connectivity index (χ3v) is 3.08. The molecule has 0 spiro atoms. The van der Waals surface area contributed by atoms with Crippen molar-refractivity contribution in [2.75, 3.05) is 0 Å². The first-order chi connectivity index (χ1) is 10.0. The van der Waals surface area contributed by atoms with E-state index in [-0.39, 0.29) is 23.6 Å². The van der Waals surface area contributed by atoms with Crippen molar-refractivity contribution in [3.8, 4) is 11.8 Å². The van der Waals surface area contributed by atoms with Gasteiger partial charge in [0.25, 0.3) is 5.69 Å². The summed E-state index contributed by atoms with van der Waals surface area (Å²) in [5.74, 6) is -0.547. The van der Waals surface area contributed by atoms with Gasteiger partial charge in [0.2, 0.25) is 0 Å². The van der Waals surface area contributed by atoms with Gasteiger partial charge in [0.15, 0.2) is 0 Å². The Morgan fingerprint density at radius 1 is 1.33 bits per heavy atom. The number of nitrogens with zero attached hydrogens (tertiary/aromatic N) is 2. The Labute approximate surface area is 120 Å². The molecule has 2 rings (SSSR count). The fraction of sp³-hybridized carbons (Fsp3) is 0.133. The van der Waals surface area contributed by atoms with Crippen molar-refractivity contribution in [2.45, 2.75) is 13.5 Å². The highest BCUT2D eigenvalue weighted by Gasteiger charge is 2.14. The van der Waals surface area contributed by atoms with Crippen LogP contribution in [0.4, 0.5) is 10.1 Å². The molecule has 0 heterocycles. The molecule has 2 aromatic carbocycles. The van der Waals surface area contributed by atoms with Gasteiger partial charge in [0.1, 0.15) is 29.8 Å². The van der Waals surface area contributed by atoms with Gasteiger partial charge in [-0.2, -0.15) is 5.26 Å². The third kappa shape index (κ3) is 2.98. The average Bonchev–Trinajstić information content (AvgIpc) is 2.46. The first kappa shape index (κ1) is 14.5. The summed E-state index contributed by atoms with van der Waals surface area (Å²) < 4.78 is 18.9. The monoisotopic (exact) mass is 286 g/mol. The fourth-order valence-electron chi connectivity index (χ4n) is 1.91. The number of hydrogen-bond donors (Lipinski definition) is 0. The molecule has 0 unspecified atom stereocenters. The van der Waals surface area contributed by atoms with Crippen LogP contribution in [0.3, 0.4) is 0 Å². The van der Waals surface area contributed by atoms with E-state index in [1.54, 1.807) is 25.1 Å². The van der Waals surface area contributed by atoms with E-state index < -0.39 is 10.7 Å². The summed E-state index contributed by atoms with van der Waals surface area (Å²) in [4.78, 5) is 10.4. The fourth-order valence-corrected chi connectivity index (χ4v) is 1.91. The zero-order valence-corrected chi connectivity index (χ0v) is 11.2. The van der Waals surface area contributed by atoms with E-state index in [1.807, 2.05) is 0 Å². The SMILES string of the molecule is Cc1c(COc2cccc(F)c2C#N)cccc1[N+](=O)[O-]. The van der Waals surface area contributed by atoms with E-state index in [1.165, 1.54) is 24.3 Å². The molecule has 106 valence electrons. The Morgan fingerprint density at radius 3 is 2.71 bits per heavy atom. The normalized spacial score (nSPS) is 9.95. The Balaban J connectivity index is 2.26.